The Morgan fingerprint density at radius 2 is 1.45 bits per heavy atom. The van der Waals surface area contributed by atoms with Gasteiger partial charge in [-0.25, -0.2) is 0 Å². The molecule has 7 rings (SSSR count). The van der Waals surface area contributed by atoms with Crippen molar-refractivity contribution in [2.24, 2.45) is 11.8 Å². The van der Waals surface area contributed by atoms with Crippen LogP contribution in [-0.4, -0.2) is 143 Å². The fourth-order valence-corrected chi connectivity index (χ4v) is 10.1. The number of carbonyl (C=O) groups is 2. The summed E-state index contributed by atoms with van der Waals surface area (Å²) in [6, 6.07) is 0. The molecule has 7 fully saturated rings. The Morgan fingerprint density at radius 3 is 2.23 bits per heavy atom. The minimum Gasteiger partial charge on any atom is -0.394 e. The number of aliphatic hydroxyl groups excluding tert-OH is 4. The van der Waals surface area contributed by atoms with Crippen molar-refractivity contribution >= 4 is 11.6 Å². The summed E-state index contributed by atoms with van der Waals surface area (Å²) >= 11 is 0. The topological polar surface area (TPSA) is 180 Å². The van der Waals surface area contributed by atoms with Crippen LogP contribution in [0.2, 0.25) is 0 Å². The third-order valence-corrected chi connectivity index (χ3v) is 13.1. The molecule has 298 valence electrons. The second kappa shape index (κ2) is 16.9. The van der Waals surface area contributed by atoms with E-state index in [2.05, 4.69) is 20.1 Å². The van der Waals surface area contributed by atoms with Gasteiger partial charge in [0.25, 0.3) is 0 Å². The molecule has 7 aliphatic heterocycles. The van der Waals surface area contributed by atoms with E-state index in [1.54, 1.807) is 7.11 Å². The zero-order valence-corrected chi connectivity index (χ0v) is 31.2. The predicted molar refractivity (Wildman–Crippen MR) is 189 cm³/mol. The first-order valence-corrected chi connectivity index (χ1v) is 19.9. The van der Waals surface area contributed by atoms with Crippen LogP contribution in [0.3, 0.4) is 0 Å². The van der Waals surface area contributed by atoms with Crippen LogP contribution in [0.4, 0.5) is 0 Å². The molecule has 0 spiro atoms. The number of hydrogen-bond donors (Lipinski definition) is 4. The Labute approximate surface area is 312 Å². The monoisotopic (exact) mass is 748 g/mol. The molecule has 0 radical (unpaired) electrons. The van der Waals surface area contributed by atoms with Crippen molar-refractivity contribution in [2.45, 2.75) is 188 Å². The van der Waals surface area contributed by atoms with E-state index < -0.39 is 79.9 Å². The van der Waals surface area contributed by atoms with Crippen LogP contribution >= 0.6 is 0 Å². The van der Waals surface area contributed by atoms with Crippen molar-refractivity contribution < 1.29 is 63.2 Å². The molecule has 11 unspecified atom stereocenters. The Hall–Kier alpha value is -1.62. The van der Waals surface area contributed by atoms with E-state index in [0.29, 0.717) is 32.1 Å². The lowest BCUT2D eigenvalue weighted by Crippen LogP contribution is -2.61. The summed E-state index contributed by atoms with van der Waals surface area (Å²) in [5, 5.41) is 42.6. The minimum absolute atomic E-state index is 0.00643. The number of carbonyl (C=O) groups excluding carboxylic acids is 2. The van der Waals surface area contributed by atoms with E-state index in [4.69, 9.17) is 33.2 Å². The summed E-state index contributed by atoms with van der Waals surface area (Å²) < 4.78 is 44.3. The van der Waals surface area contributed by atoms with Crippen molar-refractivity contribution in [3.05, 3.63) is 24.3 Å². The highest BCUT2D eigenvalue weighted by Crippen LogP contribution is 2.43. The zero-order valence-electron chi connectivity index (χ0n) is 31.2. The SMILES string of the molecule is C=C1C(C)CC2CC[C@@H]3OC(CCC(=O)CC4O[C@H]5C(O)[C@H]6OC(CCC6O[C@H]5C4O)CC(=O)CC4[C@H](CC1O2)O[C@H](CC(O)CO)[C@@H]4OC)CC3=C. The van der Waals surface area contributed by atoms with Crippen molar-refractivity contribution in [3.8, 4) is 0 Å². The molecule has 7 saturated heterocycles. The van der Waals surface area contributed by atoms with Gasteiger partial charge in [-0.15, -0.1) is 0 Å². The van der Waals surface area contributed by atoms with Crippen LogP contribution in [-0.2, 0) is 42.7 Å². The molecule has 0 aromatic heterocycles. The van der Waals surface area contributed by atoms with Crippen LogP contribution in [0.5, 0.6) is 0 Å². The zero-order chi connectivity index (χ0) is 37.6. The number of Topliss-reactive ketones (excluding diaryl/α,β-unsaturated/α-hetero) is 2. The summed E-state index contributed by atoms with van der Waals surface area (Å²) in [6.45, 7) is 10.4. The normalized spacial score (nSPS) is 47.7. The van der Waals surface area contributed by atoms with E-state index >= 15 is 0 Å². The maximum Gasteiger partial charge on any atom is 0.135 e. The van der Waals surface area contributed by atoms with E-state index in [1.807, 2.05) is 0 Å². The molecule has 7 aliphatic rings. The number of methoxy groups -OCH3 is 1. The van der Waals surface area contributed by atoms with E-state index in [0.717, 1.165) is 30.4 Å². The number of ether oxygens (including phenoxy) is 7. The largest absolute Gasteiger partial charge is 0.394 e. The molecule has 0 aromatic rings. The molecular weight excluding hydrogens is 688 g/mol. The molecule has 0 amide bonds. The first-order chi connectivity index (χ1) is 25.4. The van der Waals surface area contributed by atoms with Gasteiger partial charge in [0.1, 0.15) is 42.1 Å². The smallest absolute Gasteiger partial charge is 0.135 e. The number of hydrogen-bond acceptors (Lipinski definition) is 13. The fraction of sp³-hybridized carbons (Fsp3) is 0.850. The Balaban J connectivity index is 1.11. The molecule has 0 aliphatic carbocycles. The number of fused-ring (bicyclic) bond motifs is 7. The van der Waals surface area contributed by atoms with Crippen molar-refractivity contribution in [2.75, 3.05) is 13.7 Å². The van der Waals surface area contributed by atoms with Crippen LogP contribution in [0.25, 0.3) is 0 Å². The minimum atomic E-state index is -1.10. The first-order valence-electron chi connectivity index (χ1n) is 19.9. The lowest BCUT2D eigenvalue weighted by Gasteiger charge is -2.46. The lowest BCUT2D eigenvalue weighted by atomic mass is 9.81. The molecule has 0 aromatic carbocycles. The van der Waals surface area contributed by atoms with Gasteiger partial charge >= 0.3 is 0 Å². The highest BCUT2D eigenvalue weighted by Gasteiger charge is 2.57. The fourth-order valence-electron chi connectivity index (χ4n) is 10.1. The van der Waals surface area contributed by atoms with Crippen molar-refractivity contribution in [3.63, 3.8) is 0 Å². The molecule has 4 N–H and O–H groups in total. The summed E-state index contributed by atoms with van der Waals surface area (Å²) in [4.78, 5) is 27.0. The first kappa shape index (κ1) is 39.6. The summed E-state index contributed by atoms with van der Waals surface area (Å²) in [5.41, 5.74) is 2.00. The van der Waals surface area contributed by atoms with Gasteiger partial charge in [-0.05, 0) is 62.0 Å². The molecule has 53 heavy (non-hydrogen) atoms. The number of ketones is 2. The van der Waals surface area contributed by atoms with E-state index in [1.165, 1.54) is 0 Å². The van der Waals surface area contributed by atoms with Gasteiger partial charge in [0.15, 0.2) is 0 Å². The summed E-state index contributed by atoms with van der Waals surface area (Å²) in [5.74, 6) is -0.221. The van der Waals surface area contributed by atoms with Gasteiger partial charge in [-0.1, -0.05) is 20.1 Å². The third kappa shape index (κ3) is 8.56. The van der Waals surface area contributed by atoms with Gasteiger partial charge in [0.2, 0.25) is 0 Å². The second-order valence-electron chi connectivity index (χ2n) is 16.8. The predicted octanol–water partition coefficient (Wildman–Crippen LogP) is 2.27. The van der Waals surface area contributed by atoms with E-state index in [9.17, 15) is 30.0 Å². The second-order valence-corrected chi connectivity index (χ2v) is 16.8. The van der Waals surface area contributed by atoms with Crippen LogP contribution < -0.4 is 0 Å². The highest BCUT2D eigenvalue weighted by molar-refractivity contribution is 5.79. The highest BCUT2D eigenvalue weighted by atomic mass is 16.6. The van der Waals surface area contributed by atoms with Gasteiger partial charge in [0.05, 0.1) is 73.8 Å². The van der Waals surface area contributed by atoms with Crippen LogP contribution in [0.1, 0.15) is 90.4 Å². The van der Waals surface area contributed by atoms with Crippen molar-refractivity contribution in [1.82, 2.24) is 0 Å². The molecule has 13 heteroatoms. The number of rotatable bonds is 4. The standard InChI is InChI=1S/C40H60O13/c1-19-11-26-7-9-29-20(2)12-25(48-29)6-5-22(42)15-33-35(45)39-40(53-33)36(46)38-30(52-39)10-8-27(50-38)13-23(43)14-28-32(17-31(49-26)21(19)3)51-34(37(28)47-4)16-24(44)18-41/h19,24-41,44-46H,2-3,5-18H2,1,4H3/t19?,24?,25?,26?,27?,28?,29-,30?,31?,32-,33?,34+,35?,36?,37+,38-,39-,40-/m0/s1. The molecule has 13 nitrogen and oxygen atoms in total. The Kier molecular flexibility index (Phi) is 12.6. The molecular formula is C40H60O13. The van der Waals surface area contributed by atoms with Gasteiger partial charge < -0.3 is 53.6 Å². The van der Waals surface area contributed by atoms with Gasteiger partial charge in [-0.3, -0.25) is 9.59 Å². The summed E-state index contributed by atoms with van der Waals surface area (Å²) in [7, 11) is 1.58. The van der Waals surface area contributed by atoms with Crippen LogP contribution in [0, 0.1) is 11.8 Å². The lowest BCUT2D eigenvalue weighted by molar-refractivity contribution is -0.259. The maximum absolute atomic E-state index is 13.9. The van der Waals surface area contributed by atoms with Gasteiger partial charge in [0, 0.05) is 51.6 Å². The summed E-state index contributed by atoms with van der Waals surface area (Å²) in [6.07, 6.45) is -3.55. The van der Waals surface area contributed by atoms with Crippen LogP contribution in [0.15, 0.2) is 24.3 Å². The molecule has 7 heterocycles. The van der Waals surface area contributed by atoms with Gasteiger partial charge in [-0.2, -0.15) is 0 Å². The van der Waals surface area contributed by atoms with Crippen molar-refractivity contribution in [1.29, 1.82) is 0 Å². The maximum atomic E-state index is 13.9. The molecule has 8 bridgehead atoms. The average Bonchev–Trinajstić information content (AvgIpc) is 3.76. The van der Waals surface area contributed by atoms with E-state index in [-0.39, 0.29) is 79.9 Å². The third-order valence-electron chi connectivity index (χ3n) is 13.1. The Morgan fingerprint density at radius 1 is 0.736 bits per heavy atom. The average molecular weight is 749 g/mol. The molecule has 0 saturated carbocycles. The Bertz CT molecular complexity index is 1340. The quantitative estimate of drug-likeness (QED) is 0.308. The molecule has 18 atom stereocenters. The number of aliphatic hydroxyl groups is 4.